The number of carbonyl (C=O) groups excluding carboxylic acids is 1. The van der Waals surface area contributed by atoms with Crippen molar-refractivity contribution < 1.29 is 47.5 Å². The third kappa shape index (κ3) is 13.7. The summed E-state index contributed by atoms with van der Waals surface area (Å²) in [5.41, 5.74) is -1.20. The van der Waals surface area contributed by atoms with Gasteiger partial charge in [-0.15, -0.1) is 0 Å². The number of unbranched alkanes of at least 4 members (excludes halogenated alkanes) is 10. The van der Waals surface area contributed by atoms with Crippen LogP contribution in [0.2, 0.25) is 0 Å². The lowest BCUT2D eigenvalue weighted by Crippen LogP contribution is -2.60. The number of carbonyl (C=O) groups is 2. The Balaban J connectivity index is 1.46. The minimum atomic E-state index is -5.10. The van der Waals surface area contributed by atoms with Gasteiger partial charge in [0.15, 0.2) is 5.78 Å². The number of likely N-dealkylation sites (N-methyl/N-ethyl adjacent to an activating group) is 1. The van der Waals surface area contributed by atoms with Gasteiger partial charge in [0.05, 0.1) is 33.9 Å². The summed E-state index contributed by atoms with van der Waals surface area (Å²) in [5, 5.41) is 21.7. The zero-order valence-corrected chi connectivity index (χ0v) is 41.2. The van der Waals surface area contributed by atoms with Crippen LogP contribution in [0.3, 0.4) is 0 Å². The molecule has 0 spiro atoms. The highest BCUT2D eigenvalue weighted by Gasteiger charge is 2.61. The molecule has 11 atom stereocenters. The van der Waals surface area contributed by atoms with E-state index in [9.17, 15) is 29.3 Å². The molecule has 3 fully saturated rings. The maximum absolute atomic E-state index is 14.2. The summed E-state index contributed by atoms with van der Waals surface area (Å²) in [6.45, 7) is 13.7. The van der Waals surface area contributed by atoms with Crippen LogP contribution in [0, 0.1) is 46.3 Å². The molecular formula is C50H91NO9P+. The van der Waals surface area contributed by atoms with Gasteiger partial charge in [0.1, 0.15) is 19.3 Å². The quantitative estimate of drug-likeness (QED) is 0.0220. The molecule has 4 rings (SSSR count). The van der Waals surface area contributed by atoms with Crippen molar-refractivity contribution in [3.8, 4) is 0 Å². The molecule has 61 heavy (non-hydrogen) atoms. The van der Waals surface area contributed by atoms with E-state index in [1.807, 2.05) is 21.1 Å². The first-order valence-electron chi connectivity index (χ1n) is 24.9. The van der Waals surface area contributed by atoms with Crippen LogP contribution in [0.4, 0.5) is 0 Å². The minimum absolute atomic E-state index is 0.00521. The molecule has 0 aromatic heterocycles. The Morgan fingerprint density at radius 2 is 1.52 bits per heavy atom. The summed E-state index contributed by atoms with van der Waals surface area (Å²) in [6.07, 6.45) is 23.9. The largest absolute Gasteiger partial charge is 0.479 e. The lowest BCUT2D eigenvalue weighted by atomic mass is 9.47. The second-order valence-corrected chi connectivity index (χ2v) is 23.5. The number of ether oxygens (including phenoxy) is 1. The summed E-state index contributed by atoms with van der Waals surface area (Å²) in [5.74, 6) is 1.63. The first-order valence-corrected chi connectivity index (χ1v) is 26.4. The zero-order chi connectivity index (χ0) is 45.1. The number of phosphoric acid groups is 1. The van der Waals surface area contributed by atoms with Crippen molar-refractivity contribution in [3.05, 3.63) is 11.6 Å². The Bertz CT molecular complexity index is 1460. The maximum atomic E-state index is 14.2. The van der Waals surface area contributed by atoms with E-state index in [2.05, 4.69) is 47.6 Å². The molecule has 0 bridgehead atoms. The smallest absolute Gasteiger partial charge is 0.474 e. The Kier molecular flexibility index (Phi) is 20.1. The predicted octanol–water partition coefficient (Wildman–Crippen LogP) is 11.7. The number of carboxylic acids is 1. The molecule has 0 saturated heterocycles. The lowest BCUT2D eigenvalue weighted by Gasteiger charge is -2.58. The van der Waals surface area contributed by atoms with Crippen LogP contribution >= 0.6 is 7.82 Å². The normalized spacial score (nSPS) is 30.7. The number of rotatable bonds is 29. The van der Waals surface area contributed by atoms with E-state index in [0.29, 0.717) is 54.0 Å². The highest BCUT2D eigenvalue weighted by molar-refractivity contribution is 7.47. The SMILES string of the molecule is CCCCCCCCCCCCCC(=O)C(OP(=O)(O)OCC[N+](C)(C)C)(C(=O)O)[C@H](CO)OC1CC[C@@]2(C)C(=CCC3C2CC[C@@]2(C)C3CC[C@@H]2[C@H](C)CCCC(C)C)C1. The van der Waals surface area contributed by atoms with Crippen LogP contribution in [0.1, 0.15) is 189 Å². The summed E-state index contributed by atoms with van der Waals surface area (Å²) in [6, 6.07) is 0. The molecule has 0 aromatic carbocycles. The Hall–Kier alpha value is -1.13. The van der Waals surface area contributed by atoms with Crippen molar-refractivity contribution in [1.82, 2.24) is 0 Å². The van der Waals surface area contributed by atoms with Crippen LogP contribution in [0.15, 0.2) is 11.6 Å². The number of hydrogen-bond donors (Lipinski definition) is 3. The molecule has 4 aliphatic carbocycles. The third-order valence-electron chi connectivity index (χ3n) is 16.3. The molecule has 0 heterocycles. The van der Waals surface area contributed by atoms with Crippen LogP contribution in [0.25, 0.3) is 0 Å². The van der Waals surface area contributed by atoms with Gasteiger partial charge in [0, 0.05) is 6.42 Å². The molecule has 3 N–H and O–H groups in total. The van der Waals surface area contributed by atoms with E-state index in [4.69, 9.17) is 13.8 Å². The second-order valence-electron chi connectivity index (χ2n) is 22.1. The number of quaternary nitrogens is 1. The predicted molar refractivity (Wildman–Crippen MR) is 245 cm³/mol. The summed E-state index contributed by atoms with van der Waals surface area (Å²) in [7, 11) is 0.583. The maximum Gasteiger partial charge on any atom is 0.474 e. The number of aliphatic hydroxyl groups is 1. The van der Waals surface area contributed by atoms with E-state index in [0.717, 1.165) is 55.8 Å². The lowest BCUT2D eigenvalue weighted by molar-refractivity contribution is -0.870. The van der Waals surface area contributed by atoms with Crippen LogP contribution in [-0.2, 0) is 27.9 Å². The number of allylic oxidation sites excluding steroid dienone is 1. The van der Waals surface area contributed by atoms with Crippen molar-refractivity contribution in [1.29, 1.82) is 0 Å². The molecule has 6 unspecified atom stereocenters. The standard InChI is InChI=1S/C50H90NO9P/c1-10-11-12-13-14-15-16-17-18-19-20-24-45(53)50(47(54)55,60-61(56,57)58-34-33-51(7,8)9)46(36-52)59-40-29-31-48(5)39(35-40)25-26-41-43-28-27-42(38(4)23-21-22-37(2)3)49(43,6)32-30-44(41)48/h25,37-38,40-44,46,52H,10-24,26-36H2,1-9H3,(H-,54,55,56,57)/p+1/t38-,40?,41?,42-,43?,44?,46+,48+,49-,50?/m1/s1. The number of nitrogens with zero attached hydrogens (tertiary/aromatic N) is 1. The molecule has 4 aliphatic rings. The van der Waals surface area contributed by atoms with E-state index in [-0.39, 0.29) is 18.4 Å². The summed E-state index contributed by atoms with van der Waals surface area (Å²) in [4.78, 5) is 38.6. The molecule has 10 nitrogen and oxygen atoms in total. The minimum Gasteiger partial charge on any atom is -0.479 e. The first kappa shape index (κ1) is 52.5. The average molecular weight is 881 g/mol. The highest BCUT2D eigenvalue weighted by Crippen LogP contribution is 2.67. The second kappa shape index (κ2) is 23.4. The average Bonchev–Trinajstić information content (AvgIpc) is 3.54. The number of phosphoric ester groups is 1. The fourth-order valence-corrected chi connectivity index (χ4v) is 13.7. The molecule has 0 amide bonds. The van der Waals surface area contributed by atoms with E-state index < -0.39 is 44.0 Å². The fraction of sp³-hybridized carbons (Fsp3) is 0.920. The van der Waals surface area contributed by atoms with Gasteiger partial charge in [-0.3, -0.25) is 13.8 Å². The summed E-state index contributed by atoms with van der Waals surface area (Å²) < 4.78 is 31.3. The topological polar surface area (TPSA) is 140 Å². The molecule has 354 valence electrons. The van der Waals surface area contributed by atoms with Crippen LogP contribution in [-0.4, -0.2) is 90.1 Å². The number of ketones is 1. The monoisotopic (exact) mass is 881 g/mol. The molecule has 0 aromatic rings. The number of carboxylic acid groups (broad SMARTS) is 1. The molecule has 3 saturated carbocycles. The van der Waals surface area contributed by atoms with Crippen molar-refractivity contribution in [2.75, 3.05) is 40.9 Å². The number of Topliss-reactive ketones (excluding diaryl/α,β-unsaturated/α-hetero) is 1. The molecule has 0 radical (unpaired) electrons. The van der Waals surface area contributed by atoms with Gasteiger partial charge in [-0.05, 0) is 104 Å². The third-order valence-corrected chi connectivity index (χ3v) is 17.3. The van der Waals surface area contributed by atoms with Gasteiger partial charge >= 0.3 is 13.8 Å². The van der Waals surface area contributed by atoms with E-state index >= 15 is 0 Å². The van der Waals surface area contributed by atoms with Gasteiger partial charge in [-0.1, -0.05) is 137 Å². The van der Waals surface area contributed by atoms with E-state index in [1.165, 1.54) is 89.0 Å². The number of aliphatic hydroxyl groups excluding tert-OH is 1. The zero-order valence-electron chi connectivity index (χ0n) is 40.3. The van der Waals surface area contributed by atoms with Crippen LogP contribution < -0.4 is 0 Å². The van der Waals surface area contributed by atoms with Crippen molar-refractivity contribution >= 4 is 19.6 Å². The number of aliphatic carboxylic acids is 1. The molecular weight excluding hydrogens is 790 g/mol. The fourth-order valence-electron chi connectivity index (χ4n) is 12.6. The number of hydrogen-bond acceptors (Lipinski definition) is 7. The van der Waals surface area contributed by atoms with E-state index in [1.54, 1.807) is 0 Å². The molecule has 11 heteroatoms. The van der Waals surface area contributed by atoms with Crippen molar-refractivity contribution in [3.63, 3.8) is 0 Å². The highest BCUT2D eigenvalue weighted by atomic mass is 31.2. The van der Waals surface area contributed by atoms with Crippen LogP contribution in [0.5, 0.6) is 0 Å². The summed E-state index contributed by atoms with van der Waals surface area (Å²) >= 11 is 0. The Labute approximate surface area is 371 Å². The molecule has 0 aliphatic heterocycles. The van der Waals surface area contributed by atoms with Gasteiger partial charge in [0.25, 0.3) is 5.60 Å². The van der Waals surface area contributed by atoms with Gasteiger partial charge in [-0.25, -0.2) is 9.36 Å². The van der Waals surface area contributed by atoms with Crippen molar-refractivity contribution in [2.45, 2.75) is 207 Å². The van der Waals surface area contributed by atoms with Gasteiger partial charge in [0.2, 0.25) is 0 Å². The Morgan fingerprint density at radius 3 is 2.11 bits per heavy atom. The van der Waals surface area contributed by atoms with Crippen molar-refractivity contribution in [2.24, 2.45) is 46.3 Å². The van der Waals surface area contributed by atoms with Gasteiger partial charge in [-0.2, -0.15) is 0 Å². The first-order chi connectivity index (χ1) is 28.7. The Morgan fingerprint density at radius 1 is 0.885 bits per heavy atom. The van der Waals surface area contributed by atoms with Gasteiger partial charge < -0.3 is 24.3 Å². The number of fused-ring (bicyclic) bond motifs is 5.